The molecule has 0 bridgehead atoms. The second kappa shape index (κ2) is 9.97. The van der Waals surface area contributed by atoms with Crippen LogP contribution in [-0.4, -0.2) is 33.8 Å². The van der Waals surface area contributed by atoms with Gasteiger partial charge in [-0.15, -0.1) is 0 Å². The van der Waals surface area contributed by atoms with Crippen molar-refractivity contribution in [2.75, 3.05) is 27.9 Å². The molecule has 2 rings (SSSR count). The topological polar surface area (TPSA) is 80.6 Å². The quantitative estimate of drug-likeness (QED) is 0.559. The number of benzene rings is 2. The number of rotatable bonds is 8. The lowest BCUT2D eigenvalue weighted by atomic mass is 10.1. The number of nitriles is 1. The number of hydrogen-bond acceptors (Lipinski definition) is 5. The Hall–Kier alpha value is -3.53. The molecule has 6 nitrogen and oxygen atoms in total. The summed E-state index contributed by atoms with van der Waals surface area (Å²) in [4.78, 5) is 12.2. The molecule has 7 heteroatoms. The van der Waals surface area contributed by atoms with Gasteiger partial charge in [-0.25, -0.2) is 4.39 Å². The number of halogens is 1. The van der Waals surface area contributed by atoms with Gasteiger partial charge in [0.1, 0.15) is 11.6 Å². The van der Waals surface area contributed by atoms with Crippen molar-refractivity contribution in [3.63, 3.8) is 0 Å². The first kappa shape index (κ1) is 20.8. The van der Waals surface area contributed by atoms with Crippen LogP contribution in [0, 0.1) is 17.1 Å². The lowest BCUT2D eigenvalue weighted by Gasteiger charge is -2.10. The maximum absolute atomic E-state index is 13.8. The van der Waals surface area contributed by atoms with Crippen molar-refractivity contribution in [1.29, 1.82) is 5.26 Å². The number of nitrogens with one attached hydrogen (secondary N) is 1. The number of amides is 1. The average Bonchev–Trinajstić information content (AvgIpc) is 2.71. The predicted octanol–water partition coefficient (Wildman–Crippen LogP) is 3.12. The van der Waals surface area contributed by atoms with E-state index >= 15 is 0 Å². The highest BCUT2D eigenvalue weighted by Gasteiger charge is 2.10. The van der Waals surface area contributed by atoms with E-state index in [0.29, 0.717) is 30.0 Å². The Morgan fingerprint density at radius 2 is 1.75 bits per heavy atom. The number of carbonyl (C=O) groups excluding carboxylic acids is 1. The fourth-order valence-electron chi connectivity index (χ4n) is 2.54. The van der Waals surface area contributed by atoms with Gasteiger partial charge in [-0.05, 0) is 47.9 Å². The second-order valence-electron chi connectivity index (χ2n) is 5.76. The summed E-state index contributed by atoms with van der Waals surface area (Å²) < 4.78 is 29.0. The molecule has 0 saturated carbocycles. The summed E-state index contributed by atoms with van der Waals surface area (Å²) in [6, 6.07) is 11.5. The molecule has 28 heavy (non-hydrogen) atoms. The van der Waals surface area contributed by atoms with E-state index in [4.69, 9.17) is 14.2 Å². The number of ether oxygens (including phenoxy) is 3. The Kier molecular flexibility index (Phi) is 7.40. The van der Waals surface area contributed by atoms with E-state index in [2.05, 4.69) is 5.32 Å². The molecule has 0 radical (unpaired) electrons. The fourth-order valence-corrected chi connectivity index (χ4v) is 2.54. The zero-order chi connectivity index (χ0) is 20.5. The van der Waals surface area contributed by atoms with Crippen molar-refractivity contribution < 1.29 is 23.4 Å². The summed E-state index contributed by atoms with van der Waals surface area (Å²) >= 11 is 0. The first-order valence-corrected chi connectivity index (χ1v) is 8.46. The zero-order valence-electron chi connectivity index (χ0n) is 15.9. The van der Waals surface area contributed by atoms with Crippen LogP contribution in [-0.2, 0) is 11.2 Å². The molecule has 0 aliphatic heterocycles. The van der Waals surface area contributed by atoms with E-state index < -0.39 is 11.7 Å². The highest BCUT2D eigenvalue weighted by atomic mass is 19.1. The van der Waals surface area contributed by atoms with Crippen molar-refractivity contribution >= 4 is 12.0 Å². The molecule has 0 unspecified atom stereocenters. The number of methoxy groups -OCH3 is 3. The third kappa shape index (κ3) is 5.24. The summed E-state index contributed by atoms with van der Waals surface area (Å²) in [5, 5.41) is 11.9. The van der Waals surface area contributed by atoms with Gasteiger partial charge in [0.25, 0.3) is 5.91 Å². The van der Waals surface area contributed by atoms with Crippen molar-refractivity contribution in [2.45, 2.75) is 6.42 Å². The van der Waals surface area contributed by atoms with E-state index in [9.17, 15) is 14.4 Å². The van der Waals surface area contributed by atoms with Crippen LogP contribution in [0.2, 0.25) is 0 Å². The van der Waals surface area contributed by atoms with Gasteiger partial charge in [-0.3, -0.25) is 4.79 Å². The molecule has 0 atom stereocenters. The van der Waals surface area contributed by atoms with Crippen LogP contribution in [0.1, 0.15) is 11.1 Å². The van der Waals surface area contributed by atoms with Crippen molar-refractivity contribution in [3.8, 4) is 23.3 Å². The smallest absolute Gasteiger partial charge is 0.261 e. The van der Waals surface area contributed by atoms with E-state index in [0.717, 1.165) is 5.56 Å². The molecule has 0 spiro atoms. The van der Waals surface area contributed by atoms with Crippen LogP contribution in [0.3, 0.4) is 0 Å². The summed E-state index contributed by atoms with van der Waals surface area (Å²) in [6.07, 6.45) is 1.87. The SMILES string of the molecule is COc1ccc(/C=C(\C#N)C(=O)NCCc2ccc(OC)c(OC)c2)cc1F. The monoisotopic (exact) mass is 384 g/mol. The van der Waals surface area contributed by atoms with Crippen LogP contribution in [0.25, 0.3) is 6.08 Å². The molecule has 146 valence electrons. The van der Waals surface area contributed by atoms with Gasteiger partial charge >= 0.3 is 0 Å². The zero-order valence-corrected chi connectivity index (χ0v) is 15.9. The van der Waals surface area contributed by atoms with Crippen molar-refractivity contribution in [2.24, 2.45) is 0 Å². The molecular formula is C21H21FN2O4. The molecule has 0 aliphatic carbocycles. The van der Waals surface area contributed by atoms with Crippen LogP contribution in [0.4, 0.5) is 4.39 Å². The Bertz CT molecular complexity index is 919. The lowest BCUT2D eigenvalue weighted by Crippen LogP contribution is -2.26. The first-order chi connectivity index (χ1) is 13.5. The standard InChI is InChI=1S/C21H21FN2O4/c1-26-18-6-5-15(11-17(18)22)10-16(13-23)21(25)24-9-8-14-4-7-19(27-2)20(12-14)28-3/h4-7,10-12H,8-9H2,1-3H3,(H,24,25)/b16-10+. The van der Waals surface area contributed by atoms with E-state index in [1.807, 2.05) is 18.2 Å². The number of nitrogens with zero attached hydrogens (tertiary/aromatic N) is 1. The highest BCUT2D eigenvalue weighted by Crippen LogP contribution is 2.27. The molecule has 1 N–H and O–H groups in total. The van der Waals surface area contributed by atoms with Crippen molar-refractivity contribution in [3.05, 3.63) is 58.9 Å². The van der Waals surface area contributed by atoms with Crippen LogP contribution in [0.5, 0.6) is 17.2 Å². The molecule has 2 aromatic carbocycles. The normalized spacial score (nSPS) is 10.8. The minimum Gasteiger partial charge on any atom is -0.494 e. The molecule has 0 heterocycles. The second-order valence-corrected chi connectivity index (χ2v) is 5.76. The lowest BCUT2D eigenvalue weighted by molar-refractivity contribution is -0.117. The number of hydrogen-bond donors (Lipinski definition) is 1. The van der Waals surface area contributed by atoms with E-state index in [-0.39, 0.29) is 11.3 Å². The van der Waals surface area contributed by atoms with Gasteiger partial charge in [0, 0.05) is 6.54 Å². The first-order valence-electron chi connectivity index (χ1n) is 8.46. The van der Waals surface area contributed by atoms with Gasteiger partial charge in [0.15, 0.2) is 23.1 Å². The largest absolute Gasteiger partial charge is 0.494 e. The summed E-state index contributed by atoms with van der Waals surface area (Å²) in [7, 11) is 4.47. The Balaban J connectivity index is 2.01. The predicted molar refractivity (Wildman–Crippen MR) is 103 cm³/mol. The minimum atomic E-state index is -0.567. The van der Waals surface area contributed by atoms with Gasteiger partial charge in [0.05, 0.1) is 21.3 Å². The van der Waals surface area contributed by atoms with Crippen LogP contribution in [0.15, 0.2) is 42.0 Å². The fraction of sp³-hybridized carbons (Fsp3) is 0.238. The molecule has 2 aromatic rings. The Labute approximate surface area is 163 Å². The molecule has 0 fully saturated rings. The van der Waals surface area contributed by atoms with Crippen LogP contribution < -0.4 is 19.5 Å². The average molecular weight is 384 g/mol. The molecule has 0 saturated heterocycles. The van der Waals surface area contributed by atoms with Gasteiger partial charge in [-0.2, -0.15) is 5.26 Å². The van der Waals surface area contributed by atoms with Gasteiger partial charge < -0.3 is 19.5 Å². The van der Waals surface area contributed by atoms with Crippen LogP contribution >= 0.6 is 0 Å². The van der Waals surface area contributed by atoms with Crippen molar-refractivity contribution in [1.82, 2.24) is 5.32 Å². The Morgan fingerprint density at radius 3 is 2.36 bits per heavy atom. The maximum Gasteiger partial charge on any atom is 0.261 e. The maximum atomic E-state index is 13.8. The summed E-state index contributed by atoms with van der Waals surface area (Å²) in [6.45, 7) is 0.324. The summed E-state index contributed by atoms with van der Waals surface area (Å²) in [5.41, 5.74) is 1.22. The Morgan fingerprint density at radius 1 is 1.07 bits per heavy atom. The highest BCUT2D eigenvalue weighted by molar-refractivity contribution is 6.01. The van der Waals surface area contributed by atoms with Gasteiger partial charge in [0.2, 0.25) is 0 Å². The molecule has 0 aliphatic rings. The third-order valence-corrected chi connectivity index (χ3v) is 4.00. The van der Waals surface area contributed by atoms with E-state index in [1.165, 1.54) is 25.3 Å². The van der Waals surface area contributed by atoms with Gasteiger partial charge in [-0.1, -0.05) is 12.1 Å². The molecule has 0 aromatic heterocycles. The number of carbonyl (C=O) groups is 1. The van der Waals surface area contributed by atoms with E-state index in [1.54, 1.807) is 26.4 Å². The third-order valence-electron chi connectivity index (χ3n) is 4.00. The molecule has 1 amide bonds. The minimum absolute atomic E-state index is 0.0926. The molecular weight excluding hydrogens is 363 g/mol. The summed E-state index contributed by atoms with van der Waals surface area (Å²) in [5.74, 6) is 0.221.